The Hall–Kier alpha value is -0.450. The van der Waals surface area contributed by atoms with Crippen LogP contribution in [0.25, 0.3) is 0 Å². The molecule has 3 nitrogen and oxygen atoms in total. The Kier molecular flexibility index (Phi) is 3.45. The summed E-state index contributed by atoms with van der Waals surface area (Å²) in [6.07, 6.45) is 6.47. The largest absolute Gasteiger partial charge is 0.383 e. The number of thiazole rings is 1. The Morgan fingerprint density at radius 3 is 3.06 bits per heavy atom. The highest BCUT2D eigenvalue weighted by molar-refractivity contribution is 7.11. The van der Waals surface area contributed by atoms with E-state index in [1.165, 1.54) is 42.8 Å². The molecule has 17 heavy (non-hydrogen) atoms. The second-order valence-corrected chi connectivity index (χ2v) is 6.15. The molecule has 0 aliphatic heterocycles. The summed E-state index contributed by atoms with van der Waals surface area (Å²) in [5.41, 5.74) is 1.38. The normalized spacial score (nSPS) is 20.5. The molecule has 2 aliphatic rings. The molecule has 2 aliphatic carbocycles. The topological polar surface area (TPSA) is 34.1 Å². The Balaban J connectivity index is 1.69. The van der Waals surface area contributed by atoms with E-state index in [4.69, 9.17) is 9.72 Å². The Bertz CT molecular complexity index is 365. The number of rotatable bonds is 6. The summed E-state index contributed by atoms with van der Waals surface area (Å²) in [5.74, 6) is 0.818. The molecular formula is C13H20N2OS. The van der Waals surface area contributed by atoms with Gasteiger partial charge in [-0.1, -0.05) is 0 Å². The minimum absolute atomic E-state index is 0.487. The predicted octanol–water partition coefficient (Wildman–Crippen LogP) is 2.32. The molecule has 0 amide bonds. The maximum Gasteiger partial charge on any atom is 0.110 e. The van der Waals surface area contributed by atoms with Crippen molar-refractivity contribution in [1.29, 1.82) is 0 Å². The SMILES string of the molecule is COCCNC(c1nc2c(s1)CCC2)C1CC1. The zero-order valence-corrected chi connectivity index (χ0v) is 11.2. The first-order chi connectivity index (χ1) is 8.38. The average Bonchev–Trinajstić information content (AvgIpc) is 2.92. The number of hydrogen-bond donors (Lipinski definition) is 1. The van der Waals surface area contributed by atoms with Crippen molar-refractivity contribution in [2.24, 2.45) is 5.92 Å². The summed E-state index contributed by atoms with van der Waals surface area (Å²) >= 11 is 1.94. The smallest absolute Gasteiger partial charge is 0.110 e. The second kappa shape index (κ2) is 5.04. The van der Waals surface area contributed by atoms with Gasteiger partial charge in [0.25, 0.3) is 0 Å². The maximum atomic E-state index is 5.11. The van der Waals surface area contributed by atoms with Crippen LogP contribution < -0.4 is 5.32 Å². The summed E-state index contributed by atoms with van der Waals surface area (Å²) < 4.78 is 5.11. The number of aromatic nitrogens is 1. The number of ether oxygens (including phenoxy) is 1. The third kappa shape index (κ3) is 2.54. The standard InChI is InChI=1S/C13H20N2OS/c1-16-8-7-14-12(9-5-6-9)13-15-10-3-2-4-11(10)17-13/h9,12,14H,2-8H2,1H3. The van der Waals surface area contributed by atoms with E-state index >= 15 is 0 Å². The third-order valence-corrected chi connectivity index (χ3v) is 4.88. The minimum atomic E-state index is 0.487. The van der Waals surface area contributed by atoms with Gasteiger partial charge in [0, 0.05) is 18.5 Å². The predicted molar refractivity (Wildman–Crippen MR) is 69.5 cm³/mol. The summed E-state index contributed by atoms with van der Waals surface area (Å²) in [6, 6.07) is 0.487. The number of hydrogen-bond acceptors (Lipinski definition) is 4. The van der Waals surface area contributed by atoms with Gasteiger partial charge in [0.2, 0.25) is 0 Å². The van der Waals surface area contributed by atoms with Crippen LogP contribution in [-0.2, 0) is 17.6 Å². The molecule has 1 fully saturated rings. The monoisotopic (exact) mass is 252 g/mol. The lowest BCUT2D eigenvalue weighted by Gasteiger charge is -2.15. The lowest BCUT2D eigenvalue weighted by atomic mass is 10.2. The molecular weight excluding hydrogens is 232 g/mol. The molecule has 1 heterocycles. The molecule has 4 heteroatoms. The van der Waals surface area contributed by atoms with Crippen LogP contribution in [0.1, 0.15) is 40.9 Å². The van der Waals surface area contributed by atoms with Crippen molar-refractivity contribution >= 4 is 11.3 Å². The van der Waals surface area contributed by atoms with E-state index in [9.17, 15) is 0 Å². The van der Waals surface area contributed by atoms with Crippen LogP contribution in [0.5, 0.6) is 0 Å². The van der Waals surface area contributed by atoms with Gasteiger partial charge in [-0.2, -0.15) is 0 Å². The number of nitrogens with zero attached hydrogens (tertiary/aromatic N) is 1. The van der Waals surface area contributed by atoms with Crippen LogP contribution in [0.15, 0.2) is 0 Å². The van der Waals surface area contributed by atoms with Crippen molar-refractivity contribution < 1.29 is 4.74 Å². The molecule has 0 aromatic carbocycles. The molecule has 3 rings (SSSR count). The van der Waals surface area contributed by atoms with E-state index in [1.807, 2.05) is 11.3 Å². The highest BCUT2D eigenvalue weighted by atomic mass is 32.1. The molecule has 1 saturated carbocycles. The van der Waals surface area contributed by atoms with Gasteiger partial charge in [0.05, 0.1) is 18.3 Å². The van der Waals surface area contributed by atoms with E-state index in [1.54, 1.807) is 12.0 Å². The van der Waals surface area contributed by atoms with Crippen LogP contribution in [0, 0.1) is 5.92 Å². The van der Waals surface area contributed by atoms with E-state index in [-0.39, 0.29) is 0 Å². The zero-order valence-electron chi connectivity index (χ0n) is 10.4. The number of aryl methyl sites for hydroxylation is 2. The second-order valence-electron chi connectivity index (χ2n) is 5.04. The zero-order chi connectivity index (χ0) is 11.7. The molecule has 0 spiro atoms. The lowest BCUT2D eigenvalue weighted by Crippen LogP contribution is -2.26. The number of fused-ring (bicyclic) bond motifs is 1. The third-order valence-electron chi connectivity index (χ3n) is 3.64. The molecule has 1 unspecified atom stereocenters. The van der Waals surface area contributed by atoms with E-state index in [0.29, 0.717) is 6.04 Å². The Morgan fingerprint density at radius 2 is 2.35 bits per heavy atom. The van der Waals surface area contributed by atoms with Gasteiger partial charge >= 0.3 is 0 Å². The molecule has 1 atom stereocenters. The van der Waals surface area contributed by atoms with E-state index in [0.717, 1.165) is 19.1 Å². The van der Waals surface area contributed by atoms with Crippen LogP contribution in [0.2, 0.25) is 0 Å². The van der Waals surface area contributed by atoms with Crippen molar-refractivity contribution in [2.45, 2.75) is 38.1 Å². The molecule has 0 saturated heterocycles. The Labute approximate surface area is 107 Å². The fraction of sp³-hybridized carbons (Fsp3) is 0.769. The van der Waals surface area contributed by atoms with Gasteiger partial charge in [-0.05, 0) is 38.0 Å². The Morgan fingerprint density at radius 1 is 1.47 bits per heavy atom. The van der Waals surface area contributed by atoms with E-state index in [2.05, 4.69) is 5.32 Å². The molecule has 94 valence electrons. The van der Waals surface area contributed by atoms with Crippen LogP contribution >= 0.6 is 11.3 Å². The summed E-state index contributed by atoms with van der Waals surface area (Å²) in [4.78, 5) is 6.39. The molecule has 1 aromatic rings. The van der Waals surface area contributed by atoms with Gasteiger partial charge in [-0.25, -0.2) is 4.98 Å². The highest BCUT2D eigenvalue weighted by Crippen LogP contribution is 2.43. The molecule has 0 radical (unpaired) electrons. The van der Waals surface area contributed by atoms with Gasteiger partial charge in [0.15, 0.2) is 0 Å². The van der Waals surface area contributed by atoms with Gasteiger partial charge in [0.1, 0.15) is 5.01 Å². The minimum Gasteiger partial charge on any atom is -0.383 e. The van der Waals surface area contributed by atoms with Crippen molar-refractivity contribution in [2.75, 3.05) is 20.3 Å². The number of methoxy groups -OCH3 is 1. The fourth-order valence-corrected chi connectivity index (χ4v) is 3.87. The molecule has 0 bridgehead atoms. The first kappa shape index (κ1) is 11.6. The first-order valence-corrected chi connectivity index (χ1v) is 7.41. The van der Waals surface area contributed by atoms with Crippen LogP contribution in [-0.4, -0.2) is 25.2 Å². The van der Waals surface area contributed by atoms with Crippen molar-refractivity contribution in [3.63, 3.8) is 0 Å². The van der Waals surface area contributed by atoms with Gasteiger partial charge in [-0.15, -0.1) is 11.3 Å². The summed E-state index contributed by atoms with van der Waals surface area (Å²) in [6.45, 7) is 1.72. The lowest BCUT2D eigenvalue weighted by molar-refractivity contribution is 0.194. The van der Waals surface area contributed by atoms with E-state index < -0.39 is 0 Å². The quantitative estimate of drug-likeness (QED) is 0.789. The molecule has 1 N–H and O–H groups in total. The fourth-order valence-electron chi connectivity index (χ4n) is 2.55. The van der Waals surface area contributed by atoms with Gasteiger partial charge < -0.3 is 10.1 Å². The van der Waals surface area contributed by atoms with Crippen molar-refractivity contribution in [1.82, 2.24) is 10.3 Å². The van der Waals surface area contributed by atoms with Crippen molar-refractivity contribution in [3.05, 3.63) is 15.6 Å². The summed E-state index contributed by atoms with van der Waals surface area (Å²) in [7, 11) is 1.76. The number of nitrogens with one attached hydrogen (secondary N) is 1. The van der Waals surface area contributed by atoms with Crippen molar-refractivity contribution in [3.8, 4) is 0 Å². The maximum absolute atomic E-state index is 5.11. The van der Waals surface area contributed by atoms with Gasteiger partial charge in [-0.3, -0.25) is 0 Å². The van der Waals surface area contributed by atoms with Crippen LogP contribution in [0.4, 0.5) is 0 Å². The first-order valence-electron chi connectivity index (χ1n) is 6.59. The summed E-state index contributed by atoms with van der Waals surface area (Å²) in [5, 5.41) is 4.94. The molecule has 1 aromatic heterocycles. The average molecular weight is 252 g/mol. The highest BCUT2D eigenvalue weighted by Gasteiger charge is 2.34. The van der Waals surface area contributed by atoms with Crippen LogP contribution in [0.3, 0.4) is 0 Å².